The van der Waals surface area contributed by atoms with Crippen LogP contribution in [0.1, 0.15) is 30.7 Å². The first kappa shape index (κ1) is 12.7. The first-order valence-corrected chi connectivity index (χ1v) is 6.84. The number of hydrogen-bond donors (Lipinski definition) is 0. The molecule has 0 saturated heterocycles. The Kier molecular flexibility index (Phi) is 3.38. The highest BCUT2D eigenvalue weighted by atomic mass is 16.3. The maximum atomic E-state index is 5.40. The summed E-state index contributed by atoms with van der Waals surface area (Å²) in [4.78, 5) is 4.73. The van der Waals surface area contributed by atoms with E-state index in [9.17, 15) is 0 Å². The molecule has 0 aliphatic heterocycles. The highest BCUT2D eigenvalue weighted by Crippen LogP contribution is 2.33. The van der Waals surface area contributed by atoms with Gasteiger partial charge in [0.15, 0.2) is 0 Å². The van der Waals surface area contributed by atoms with Gasteiger partial charge in [0.2, 0.25) is 0 Å². The Labute approximate surface area is 119 Å². The van der Waals surface area contributed by atoms with E-state index in [2.05, 4.69) is 36.4 Å². The average Bonchev–Trinajstić information content (AvgIpc) is 3.14. The minimum atomic E-state index is 0.816. The van der Waals surface area contributed by atoms with Crippen LogP contribution in [0.25, 0.3) is 5.57 Å². The molecular formula is C18H17NO. The molecule has 0 spiro atoms. The third-order valence-corrected chi connectivity index (χ3v) is 3.55. The zero-order valence-corrected chi connectivity index (χ0v) is 11.8. The quantitative estimate of drug-likeness (QED) is 0.741. The summed E-state index contributed by atoms with van der Waals surface area (Å²) in [5.41, 5.74) is 5.77. The number of nitrogens with zero attached hydrogens (tertiary/aromatic N) is 1. The maximum Gasteiger partial charge on any atom is 0.147 e. The molecule has 2 nitrogen and oxygen atoms in total. The lowest BCUT2D eigenvalue weighted by Gasteiger charge is -2.07. The van der Waals surface area contributed by atoms with Gasteiger partial charge < -0.3 is 4.42 Å². The number of rotatable bonds is 3. The van der Waals surface area contributed by atoms with Crippen molar-refractivity contribution >= 4 is 11.3 Å². The minimum Gasteiger partial charge on any atom is -0.463 e. The summed E-state index contributed by atoms with van der Waals surface area (Å²) in [6.07, 6.45) is 6.96. The summed E-state index contributed by atoms with van der Waals surface area (Å²) >= 11 is 0. The lowest BCUT2D eigenvalue weighted by atomic mass is 10.0. The van der Waals surface area contributed by atoms with Gasteiger partial charge in [0, 0.05) is 5.57 Å². The van der Waals surface area contributed by atoms with Crippen molar-refractivity contribution in [1.29, 1.82) is 0 Å². The van der Waals surface area contributed by atoms with Crippen LogP contribution in [0.15, 0.2) is 69.9 Å². The second kappa shape index (κ2) is 5.33. The topological polar surface area (TPSA) is 25.5 Å². The molecule has 0 unspecified atom stereocenters. The second-order valence-electron chi connectivity index (χ2n) is 4.83. The molecule has 2 heteroatoms. The van der Waals surface area contributed by atoms with Gasteiger partial charge in [-0.2, -0.15) is 0 Å². The van der Waals surface area contributed by atoms with Gasteiger partial charge in [-0.3, -0.25) is 0 Å². The van der Waals surface area contributed by atoms with E-state index in [1.165, 1.54) is 16.7 Å². The van der Waals surface area contributed by atoms with Crippen LogP contribution in [0.5, 0.6) is 0 Å². The second-order valence-corrected chi connectivity index (χ2v) is 4.83. The molecule has 3 rings (SSSR count). The molecule has 100 valence electrons. The van der Waals surface area contributed by atoms with E-state index in [1.54, 1.807) is 6.26 Å². The number of furan rings is 1. The molecule has 0 fully saturated rings. The molecule has 1 aromatic carbocycles. The summed E-state index contributed by atoms with van der Waals surface area (Å²) in [6, 6.07) is 12.3. The molecule has 1 heterocycles. The summed E-state index contributed by atoms with van der Waals surface area (Å²) in [7, 11) is 0. The van der Waals surface area contributed by atoms with Gasteiger partial charge in [0.1, 0.15) is 5.76 Å². The van der Waals surface area contributed by atoms with E-state index in [0.29, 0.717) is 0 Å². The van der Waals surface area contributed by atoms with Crippen molar-refractivity contribution in [1.82, 2.24) is 0 Å². The smallest absolute Gasteiger partial charge is 0.147 e. The molecular weight excluding hydrogens is 246 g/mol. The number of allylic oxidation sites excluding steroid dienone is 3. The van der Waals surface area contributed by atoms with Crippen molar-refractivity contribution in [2.24, 2.45) is 4.99 Å². The number of benzene rings is 1. The Morgan fingerprint density at radius 1 is 1.20 bits per heavy atom. The fraction of sp³-hybridized carbons (Fsp3) is 0.167. The molecule has 0 N–H and O–H groups in total. The van der Waals surface area contributed by atoms with E-state index >= 15 is 0 Å². The van der Waals surface area contributed by atoms with Crippen LogP contribution in [-0.2, 0) is 6.42 Å². The van der Waals surface area contributed by atoms with Crippen molar-refractivity contribution in [2.75, 3.05) is 0 Å². The van der Waals surface area contributed by atoms with Crippen LogP contribution in [0.3, 0.4) is 0 Å². The Morgan fingerprint density at radius 2 is 2.05 bits per heavy atom. The fourth-order valence-corrected chi connectivity index (χ4v) is 2.53. The van der Waals surface area contributed by atoms with Crippen molar-refractivity contribution in [3.05, 3.63) is 77.4 Å². The van der Waals surface area contributed by atoms with Gasteiger partial charge in [-0.1, -0.05) is 36.4 Å². The molecule has 1 aliphatic carbocycles. The summed E-state index contributed by atoms with van der Waals surface area (Å²) in [5, 5.41) is 0. The Balaban J connectivity index is 1.96. The van der Waals surface area contributed by atoms with Crippen LogP contribution in [0.4, 0.5) is 0 Å². The standard InChI is InChI=1S/C18H17NO/c1-3-17(19-13(2)18-9-6-12-20-18)16-11-10-14-7-4-5-8-15(14)16/h3-9,11-12H,10H2,1-2H3/b17-3-,19-13?. The molecule has 20 heavy (non-hydrogen) atoms. The normalized spacial score (nSPS) is 15.2. The first-order chi connectivity index (χ1) is 9.79. The van der Waals surface area contributed by atoms with Gasteiger partial charge in [-0.15, -0.1) is 0 Å². The van der Waals surface area contributed by atoms with E-state index in [0.717, 1.165) is 23.6 Å². The van der Waals surface area contributed by atoms with Crippen molar-refractivity contribution in [3.8, 4) is 0 Å². The zero-order valence-electron chi connectivity index (χ0n) is 11.8. The van der Waals surface area contributed by atoms with E-state index in [4.69, 9.17) is 9.41 Å². The van der Waals surface area contributed by atoms with Gasteiger partial charge in [-0.05, 0) is 43.5 Å². The fourth-order valence-electron chi connectivity index (χ4n) is 2.53. The summed E-state index contributed by atoms with van der Waals surface area (Å²) in [5.74, 6) is 0.816. The molecule has 0 radical (unpaired) electrons. The van der Waals surface area contributed by atoms with E-state index in [1.807, 2.05) is 26.0 Å². The van der Waals surface area contributed by atoms with Crippen molar-refractivity contribution < 1.29 is 4.42 Å². The third-order valence-electron chi connectivity index (χ3n) is 3.55. The first-order valence-electron chi connectivity index (χ1n) is 6.84. The summed E-state index contributed by atoms with van der Waals surface area (Å²) in [6.45, 7) is 4.00. The zero-order chi connectivity index (χ0) is 13.9. The van der Waals surface area contributed by atoms with Crippen LogP contribution < -0.4 is 0 Å². The Hall–Kier alpha value is -2.35. The van der Waals surface area contributed by atoms with Crippen LogP contribution in [-0.4, -0.2) is 5.71 Å². The van der Waals surface area contributed by atoms with Crippen molar-refractivity contribution in [3.63, 3.8) is 0 Å². The molecule has 0 atom stereocenters. The number of fused-ring (bicyclic) bond motifs is 1. The van der Waals surface area contributed by atoms with Crippen molar-refractivity contribution in [2.45, 2.75) is 20.3 Å². The monoisotopic (exact) mass is 263 g/mol. The van der Waals surface area contributed by atoms with Crippen LogP contribution in [0, 0.1) is 0 Å². The molecule has 2 aromatic rings. The van der Waals surface area contributed by atoms with E-state index in [-0.39, 0.29) is 0 Å². The Bertz CT molecular complexity index is 703. The summed E-state index contributed by atoms with van der Waals surface area (Å²) < 4.78 is 5.40. The molecule has 0 saturated carbocycles. The molecule has 0 amide bonds. The predicted octanol–water partition coefficient (Wildman–Crippen LogP) is 4.63. The average molecular weight is 263 g/mol. The minimum absolute atomic E-state index is 0.816. The molecule has 1 aromatic heterocycles. The number of aliphatic imine (C=N–C) groups is 1. The molecule has 1 aliphatic rings. The predicted molar refractivity (Wildman–Crippen MR) is 82.8 cm³/mol. The lowest BCUT2D eigenvalue weighted by Crippen LogP contribution is -1.95. The van der Waals surface area contributed by atoms with Gasteiger partial charge in [0.05, 0.1) is 17.7 Å². The maximum absolute atomic E-state index is 5.40. The van der Waals surface area contributed by atoms with Gasteiger partial charge in [0.25, 0.3) is 0 Å². The highest BCUT2D eigenvalue weighted by Gasteiger charge is 2.16. The Morgan fingerprint density at radius 3 is 2.80 bits per heavy atom. The highest BCUT2D eigenvalue weighted by molar-refractivity contribution is 5.98. The largest absolute Gasteiger partial charge is 0.463 e. The lowest BCUT2D eigenvalue weighted by molar-refractivity contribution is 0.557. The van der Waals surface area contributed by atoms with Gasteiger partial charge in [-0.25, -0.2) is 4.99 Å². The van der Waals surface area contributed by atoms with Gasteiger partial charge >= 0.3 is 0 Å². The SMILES string of the molecule is C/C=C(\N=C(C)c1ccco1)C1=CCc2ccccc21. The third kappa shape index (κ3) is 2.25. The molecule has 0 bridgehead atoms. The van der Waals surface area contributed by atoms with Crippen LogP contribution in [0.2, 0.25) is 0 Å². The van der Waals surface area contributed by atoms with Crippen LogP contribution >= 0.6 is 0 Å². The van der Waals surface area contributed by atoms with E-state index < -0.39 is 0 Å². The number of hydrogen-bond acceptors (Lipinski definition) is 2.